The molecule has 0 heterocycles. The highest BCUT2D eigenvalue weighted by atomic mass is 35.5. The van der Waals surface area contributed by atoms with Crippen molar-refractivity contribution >= 4 is 28.9 Å². The maximum atomic E-state index is 11.4. The second kappa shape index (κ2) is 7.11. The first-order chi connectivity index (χ1) is 9.49. The Labute approximate surface area is 119 Å². The van der Waals surface area contributed by atoms with Crippen molar-refractivity contribution in [2.75, 3.05) is 11.9 Å². The number of hydrogen-bond donors (Lipinski definition) is 1. The van der Waals surface area contributed by atoms with Crippen LogP contribution in [0, 0.1) is 21.4 Å². The Bertz CT molecular complexity index is 607. The van der Waals surface area contributed by atoms with Crippen molar-refractivity contribution in [2.45, 2.75) is 6.92 Å². The summed E-state index contributed by atoms with van der Waals surface area (Å²) in [5.74, 6) is -0.813. The van der Waals surface area contributed by atoms with Crippen LogP contribution in [-0.2, 0) is 9.53 Å². The molecule has 104 valence electrons. The average Bonchev–Trinajstić information content (AvgIpc) is 2.39. The normalized spacial score (nSPS) is 10.6. The number of nitro benzene ring substituents is 1. The van der Waals surface area contributed by atoms with E-state index in [4.69, 9.17) is 16.9 Å². The largest absolute Gasteiger partial charge is 0.462 e. The number of carbonyl (C=O) groups excluding carboxylic acids is 1. The van der Waals surface area contributed by atoms with E-state index in [1.165, 1.54) is 18.2 Å². The number of anilines is 1. The molecule has 0 spiro atoms. The number of benzene rings is 1. The fourth-order valence-corrected chi connectivity index (χ4v) is 1.45. The summed E-state index contributed by atoms with van der Waals surface area (Å²) in [6, 6.07) is 5.54. The molecule has 0 bridgehead atoms. The minimum atomic E-state index is -0.813. The Kier molecular flexibility index (Phi) is 5.50. The molecule has 0 amide bonds. The van der Waals surface area contributed by atoms with Gasteiger partial charge in [0.2, 0.25) is 0 Å². The molecule has 7 nitrogen and oxygen atoms in total. The molecule has 0 radical (unpaired) electrons. The summed E-state index contributed by atoms with van der Waals surface area (Å²) in [4.78, 5) is 21.6. The van der Waals surface area contributed by atoms with Gasteiger partial charge in [-0.05, 0) is 19.1 Å². The first kappa shape index (κ1) is 15.5. The van der Waals surface area contributed by atoms with Crippen LogP contribution in [0.4, 0.5) is 11.4 Å². The second-order valence-electron chi connectivity index (χ2n) is 3.45. The zero-order valence-electron chi connectivity index (χ0n) is 10.4. The Morgan fingerprint density at radius 1 is 1.65 bits per heavy atom. The van der Waals surface area contributed by atoms with Crippen LogP contribution >= 0.6 is 11.6 Å². The molecule has 8 heteroatoms. The first-order valence-electron chi connectivity index (χ1n) is 5.47. The first-order valence-corrected chi connectivity index (χ1v) is 5.85. The van der Waals surface area contributed by atoms with Gasteiger partial charge in [-0.25, -0.2) is 4.79 Å². The van der Waals surface area contributed by atoms with Crippen molar-refractivity contribution in [3.05, 3.63) is 45.1 Å². The van der Waals surface area contributed by atoms with Crippen molar-refractivity contribution in [3.63, 3.8) is 0 Å². The standard InChI is InChI=1S/C12H10ClN3O4/c1-2-20-12(17)8(6-14)7-15-10-5-9(13)3-4-11(10)16(18)19/h3-5,7,15H,2H2,1H3/b8-7+. The zero-order chi connectivity index (χ0) is 15.1. The van der Waals surface area contributed by atoms with E-state index in [-0.39, 0.29) is 28.6 Å². The van der Waals surface area contributed by atoms with Gasteiger partial charge in [-0.2, -0.15) is 5.26 Å². The maximum absolute atomic E-state index is 11.4. The van der Waals surface area contributed by atoms with E-state index >= 15 is 0 Å². The van der Waals surface area contributed by atoms with Crippen LogP contribution in [0.3, 0.4) is 0 Å². The summed E-state index contributed by atoms with van der Waals surface area (Å²) in [5.41, 5.74) is -0.465. The third-order valence-electron chi connectivity index (χ3n) is 2.14. The molecule has 0 unspecified atom stereocenters. The van der Waals surface area contributed by atoms with Gasteiger partial charge in [0.25, 0.3) is 5.69 Å². The SMILES string of the molecule is CCOC(=O)/C(C#N)=C/Nc1cc(Cl)ccc1[N+](=O)[O-]. The van der Waals surface area contributed by atoms with Gasteiger partial charge in [0.15, 0.2) is 5.57 Å². The van der Waals surface area contributed by atoms with Gasteiger partial charge in [0, 0.05) is 17.3 Å². The Morgan fingerprint density at radius 2 is 2.35 bits per heavy atom. The molecule has 0 aliphatic rings. The second-order valence-corrected chi connectivity index (χ2v) is 3.89. The molecule has 0 fully saturated rings. The summed E-state index contributed by atoms with van der Waals surface area (Å²) in [6.07, 6.45) is 1.04. The van der Waals surface area contributed by atoms with Gasteiger partial charge in [0.1, 0.15) is 11.8 Å². The highest BCUT2D eigenvalue weighted by Crippen LogP contribution is 2.27. The van der Waals surface area contributed by atoms with Crippen LogP contribution in [0.5, 0.6) is 0 Å². The molecule has 0 aliphatic carbocycles. The fraction of sp³-hybridized carbons (Fsp3) is 0.167. The van der Waals surface area contributed by atoms with E-state index in [1.807, 2.05) is 0 Å². The third-order valence-corrected chi connectivity index (χ3v) is 2.38. The molecule has 0 aliphatic heterocycles. The summed E-state index contributed by atoms with van der Waals surface area (Å²) in [5, 5.41) is 22.4. The molecule has 1 aromatic carbocycles. The molecule has 1 rings (SSSR count). The van der Waals surface area contributed by atoms with Crippen molar-refractivity contribution in [1.29, 1.82) is 5.26 Å². The number of nitrogens with zero attached hydrogens (tertiary/aromatic N) is 2. The van der Waals surface area contributed by atoms with E-state index in [9.17, 15) is 14.9 Å². The van der Waals surface area contributed by atoms with E-state index in [0.29, 0.717) is 0 Å². The highest BCUT2D eigenvalue weighted by Gasteiger charge is 2.15. The lowest BCUT2D eigenvalue weighted by Gasteiger charge is -2.04. The van der Waals surface area contributed by atoms with Crippen LogP contribution in [0.2, 0.25) is 5.02 Å². The smallest absolute Gasteiger partial charge is 0.350 e. The minimum Gasteiger partial charge on any atom is -0.462 e. The minimum absolute atomic E-state index is 0.0690. The van der Waals surface area contributed by atoms with Crippen LogP contribution in [0.15, 0.2) is 30.0 Å². The zero-order valence-corrected chi connectivity index (χ0v) is 11.2. The number of ether oxygens (including phenoxy) is 1. The Morgan fingerprint density at radius 3 is 2.90 bits per heavy atom. The molecular formula is C12H10ClN3O4. The number of esters is 1. The summed E-state index contributed by atoms with van der Waals surface area (Å²) in [6.45, 7) is 1.72. The van der Waals surface area contributed by atoms with Gasteiger partial charge < -0.3 is 10.1 Å². The lowest BCUT2D eigenvalue weighted by molar-refractivity contribution is -0.383. The molecule has 0 atom stereocenters. The molecule has 20 heavy (non-hydrogen) atoms. The van der Waals surface area contributed by atoms with E-state index in [1.54, 1.807) is 13.0 Å². The number of rotatable bonds is 5. The Hall–Kier alpha value is -2.59. The third kappa shape index (κ3) is 3.96. The lowest BCUT2D eigenvalue weighted by atomic mass is 10.2. The summed E-state index contributed by atoms with van der Waals surface area (Å²) in [7, 11) is 0. The Balaban J connectivity index is 3.04. The topological polar surface area (TPSA) is 105 Å². The number of halogens is 1. The average molecular weight is 296 g/mol. The van der Waals surface area contributed by atoms with Gasteiger partial charge >= 0.3 is 5.97 Å². The van der Waals surface area contributed by atoms with Crippen molar-refractivity contribution in [3.8, 4) is 6.07 Å². The highest BCUT2D eigenvalue weighted by molar-refractivity contribution is 6.31. The summed E-state index contributed by atoms with van der Waals surface area (Å²) < 4.78 is 4.66. The van der Waals surface area contributed by atoms with Crippen molar-refractivity contribution in [2.24, 2.45) is 0 Å². The van der Waals surface area contributed by atoms with Gasteiger partial charge in [0.05, 0.1) is 11.5 Å². The van der Waals surface area contributed by atoms with Gasteiger partial charge in [-0.3, -0.25) is 10.1 Å². The molecule has 1 N–H and O–H groups in total. The van der Waals surface area contributed by atoms with Crippen LogP contribution < -0.4 is 5.32 Å². The van der Waals surface area contributed by atoms with Gasteiger partial charge in [-0.1, -0.05) is 11.6 Å². The lowest BCUT2D eigenvalue weighted by Crippen LogP contribution is -2.08. The number of nitrogens with one attached hydrogen (secondary N) is 1. The molecular weight excluding hydrogens is 286 g/mol. The molecule has 0 aromatic heterocycles. The van der Waals surface area contributed by atoms with E-state index < -0.39 is 10.9 Å². The van der Waals surface area contributed by atoms with Crippen molar-refractivity contribution < 1.29 is 14.5 Å². The maximum Gasteiger partial charge on any atom is 0.350 e. The van der Waals surface area contributed by atoms with Crippen LogP contribution in [-0.4, -0.2) is 17.5 Å². The summed E-state index contributed by atoms with van der Waals surface area (Å²) >= 11 is 5.74. The monoisotopic (exact) mass is 295 g/mol. The van der Waals surface area contributed by atoms with E-state index in [2.05, 4.69) is 10.1 Å². The molecule has 0 saturated carbocycles. The molecule has 1 aromatic rings. The van der Waals surface area contributed by atoms with Crippen LogP contribution in [0.1, 0.15) is 6.92 Å². The molecule has 0 saturated heterocycles. The number of hydrogen-bond acceptors (Lipinski definition) is 6. The predicted octanol–water partition coefficient (Wildman–Crippen LogP) is 2.63. The fourth-order valence-electron chi connectivity index (χ4n) is 1.28. The van der Waals surface area contributed by atoms with Crippen molar-refractivity contribution in [1.82, 2.24) is 0 Å². The predicted molar refractivity (Wildman–Crippen MR) is 72.1 cm³/mol. The number of carbonyl (C=O) groups is 1. The van der Waals surface area contributed by atoms with Crippen LogP contribution in [0.25, 0.3) is 0 Å². The quantitative estimate of drug-likeness (QED) is 0.294. The number of nitro groups is 1. The number of nitriles is 1. The van der Waals surface area contributed by atoms with E-state index in [0.717, 1.165) is 6.20 Å². The van der Waals surface area contributed by atoms with Gasteiger partial charge in [-0.15, -0.1) is 0 Å².